The minimum Gasteiger partial charge on any atom is -0.462 e. The Morgan fingerprint density at radius 2 is 0.609 bits per heavy atom. The molecule has 0 saturated carbocycles. The van der Waals surface area contributed by atoms with Gasteiger partial charge < -0.3 is 14.2 Å². The van der Waals surface area contributed by atoms with Crippen molar-refractivity contribution in [2.45, 2.75) is 239 Å². The van der Waals surface area contributed by atoms with E-state index in [-0.39, 0.29) is 37.5 Å². The van der Waals surface area contributed by atoms with E-state index in [4.69, 9.17) is 14.2 Å². The number of allylic oxidation sites excluding steroid dienone is 16. The second kappa shape index (κ2) is 52.0. The number of carbonyl (C=O) groups is 3. The van der Waals surface area contributed by atoms with Crippen LogP contribution in [-0.2, 0) is 28.6 Å². The fourth-order valence-corrected chi connectivity index (χ4v) is 7.11. The van der Waals surface area contributed by atoms with E-state index in [1.54, 1.807) is 0 Å². The molecule has 0 N–H and O–H groups in total. The Balaban J connectivity index is 4.45. The quantitative estimate of drug-likeness (QED) is 0.0262. The van der Waals surface area contributed by atoms with Gasteiger partial charge in [0.1, 0.15) is 13.2 Å². The number of ether oxygens (including phenoxy) is 3. The molecule has 0 aromatic carbocycles. The monoisotopic (exact) mass is 889 g/mol. The van der Waals surface area contributed by atoms with Gasteiger partial charge in [0, 0.05) is 19.3 Å². The van der Waals surface area contributed by atoms with Crippen LogP contribution in [0.5, 0.6) is 0 Å². The van der Waals surface area contributed by atoms with E-state index in [9.17, 15) is 14.4 Å². The minimum absolute atomic E-state index is 0.101. The molecule has 0 aromatic rings. The highest BCUT2D eigenvalue weighted by atomic mass is 16.6. The first-order chi connectivity index (χ1) is 31.5. The van der Waals surface area contributed by atoms with Crippen LogP contribution in [0.2, 0.25) is 0 Å². The number of hydrogen-bond donors (Lipinski definition) is 0. The molecule has 0 amide bonds. The molecule has 0 spiro atoms. The van der Waals surface area contributed by atoms with Gasteiger partial charge in [-0.05, 0) is 57.8 Å². The van der Waals surface area contributed by atoms with E-state index in [1.165, 1.54) is 96.3 Å². The smallest absolute Gasteiger partial charge is 0.306 e. The summed E-state index contributed by atoms with van der Waals surface area (Å²) in [6.07, 6.45) is 68.2. The summed E-state index contributed by atoms with van der Waals surface area (Å²) >= 11 is 0. The molecule has 0 aliphatic heterocycles. The van der Waals surface area contributed by atoms with Crippen molar-refractivity contribution in [2.75, 3.05) is 13.2 Å². The molecule has 0 rings (SSSR count). The van der Waals surface area contributed by atoms with Gasteiger partial charge in [-0.15, -0.1) is 0 Å². The molecular weight excluding hydrogens is 793 g/mol. The van der Waals surface area contributed by atoms with Gasteiger partial charge >= 0.3 is 17.9 Å². The van der Waals surface area contributed by atoms with Crippen molar-refractivity contribution in [3.63, 3.8) is 0 Å². The molecule has 0 aliphatic carbocycles. The van der Waals surface area contributed by atoms with Crippen LogP contribution < -0.4 is 0 Å². The number of esters is 3. The van der Waals surface area contributed by atoms with Crippen LogP contribution in [0.25, 0.3) is 0 Å². The summed E-state index contributed by atoms with van der Waals surface area (Å²) in [6, 6.07) is 0. The van der Waals surface area contributed by atoms with Crippen molar-refractivity contribution >= 4 is 17.9 Å². The first-order valence-corrected chi connectivity index (χ1v) is 26.3. The van der Waals surface area contributed by atoms with Gasteiger partial charge in [0.25, 0.3) is 0 Å². The molecule has 0 bridgehead atoms. The zero-order chi connectivity index (χ0) is 46.5. The Hall–Kier alpha value is -3.67. The third kappa shape index (κ3) is 49.3. The Bertz CT molecular complexity index is 1300. The van der Waals surface area contributed by atoms with E-state index in [0.717, 1.165) is 89.9 Å². The summed E-state index contributed by atoms with van der Waals surface area (Å²) in [5.41, 5.74) is 0. The van der Waals surface area contributed by atoms with E-state index in [1.807, 2.05) is 48.6 Å². The van der Waals surface area contributed by atoms with Crippen molar-refractivity contribution in [2.24, 2.45) is 0 Å². The lowest BCUT2D eigenvalue weighted by Gasteiger charge is -2.18. The highest BCUT2D eigenvalue weighted by Crippen LogP contribution is 2.16. The van der Waals surface area contributed by atoms with Gasteiger partial charge in [0.15, 0.2) is 6.10 Å². The van der Waals surface area contributed by atoms with Crippen molar-refractivity contribution < 1.29 is 28.6 Å². The van der Waals surface area contributed by atoms with Gasteiger partial charge in [0.2, 0.25) is 0 Å². The highest BCUT2D eigenvalue weighted by molar-refractivity contribution is 5.71. The average molecular weight is 889 g/mol. The van der Waals surface area contributed by atoms with Gasteiger partial charge in [0.05, 0.1) is 0 Å². The summed E-state index contributed by atoms with van der Waals surface area (Å²) in [5.74, 6) is -0.964. The number of carbonyl (C=O) groups excluding carboxylic acids is 3. The molecule has 0 aliphatic rings. The summed E-state index contributed by atoms with van der Waals surface area (Å²) in [7, 11) is 0. The van der Waals surface area contributed by atoms with Crippen molar-refractivity contribution in [1.82, 2.24) is 0 Å². The fourth-order valence-electron chi connectivity index (χ4n) is 7.11. The summed E-state index contributed by atoms with van der Waals surface area (Å²) < 4.78 is 16.8. The van der Waals surface area contributed by atoms with Crippen LogP contribution in [0.15, 0.2) is 97.2 Å². The minimum atomic E-state index is -0.807. The number of hydrogen-bond acceptors (Lipinski definition) is 6. The first-order valence-electron chi connectivity index (χ1n) is 26.3. The molecule has 364 valence electrons. The molecule has 0 aromatic heterocycles. The van der Waals surface area contributed by atoms with Gasteiger partial charge in [-0.3, -0.25) is 14.4 Å². The van der Waals surface area contributed by atoms with Crippen LogP contribution in [0.1, 0.15) is 233 Å². The number of rotatable bonds is 46. The molecule has 0 radical (unpaired) electrons. The predicted octanol–water partition coefficient (Wildman–Crippen LogP) is 17.4. The lowest BCUT2D eigenvalue weighted by atomic mass is 10.0. The maximum absolute atomic E-state index is 12.8. The van der Waals surface area contributed by atoms with E-state index in [0.29, 0.717) is 19.3 Å². The highest BCUT2D eigenvalue weighted by Gasteiger charge is 2.19. The van der Waals surface area contributed by atoms with Gasteiger partial charge in [-0.2, -0.15) is 0 Å². The number of unbranched alkanes of at least 4 members (excludes halogenated alkanes) is 25. The second-order valence-electron chi connectivity index (χ2n) is 17.2. The predicted molar refractivity (Wildman–Crippen MR) is 274 cm³/mol. The van der Waals surface area contributed by atoms with Gasteiger partial charge in [-0.25, -0.2) is 0 Å². The third-order valence-electron chi connectivity index (χ3n) is 11.0. The van der Waals surface area contributed by atoms with Crippen LogP contribution >= 0.6 is 0 Å². The average Bonchev–Trinajstić information content (AvgIpc) is 3.29. The molecule has 6 nitrogen and oxygen atoms in total. The van der Waals surface area contributed by atoms with E-state index < -0.39 is 6.10 Å². The van der Waals surface area contributed by atoms with Crippen molar-refractivity contribution in [1.29, 1.82) is 0 Å². The van der Waals surface area contributed by atoms with Gasteiger partial charge in [-0.1, -0.05) is 253 Å². The lowest BCUT2D eigenvalue weighted by molar-refractivity contribution is -0.167. The zero-order valence-corrected chi connectivity index (χ0v) is 41.5. The van der Waals surface area contributed by atoms with Crippen molar-refractivity contribution in [3.05, 3.63) is 97.2 Å². The first kappa shape index (κ1) is 60.3. The molecular formula is C58H96O6. The Labute approximate surface area is 394 Å². The molecule has 1 unspecified atom stereocenters. The topological polar surface area (TPSA) is 78.9 Å². The van der Waals surface area contributed by atoms with E-state index in [2.05, 4.69) is 69.4 Å². The largest absolute Gasteiger partial charge is 0.462 e. The fraction of sp³-hybridized carbons (Fsp3) is 0.672. The molecule has 64 heavy (non-hydrogen) atoms. The maximum atomic E-state index is 12.8. The standard InChI is InChI=1S/C58H96O6/c1-4-7-10-13-16-19-22-25-27-28-29-31-33-36-39-42-45-48-51-57(60)63-54-55(53-62-56(59)50-47-44-41-38-35-32-24-21-18-15-12-9-6-3)64-58(61)52-49-46-43-40-37-34-30-26-23-20-17-14-11-8-5-2/h8-9,11-12,14-15,17-18,20-21,23-24,26,30,34,37,55H,4-7,10,13,16,19,22,25,27-29,31-33,35-36,38-54H2,1-3H3/b11-8-,12-9-,17-14-,18-15-,23-20-,24-21-,30-26-,37-34-. The third-order valence-corrected chi connectivity index (χ3v) is 11.0. The zero-order valence-electron chi connectivity index (χ0n) is 41.5. The summed E-state index contributed by atoms with van der Waals surface area (Å²) in [5, 5.41) is 0. The SMILES string of the molecule is CC\C=C/C=C\C=C/C=C\C=C/CCCCCC(=O)OC(COC(=O)CCCCCCC\C=C/C=C\C=C/CC)COC(=O)CCCCCCCCCCCCCCCCCCCC. The van der Waals surface area contributed by atoms with Crippen LogP contribution in [0, 0.1) is 0 Å². The normalized spacial score (nSPS) is 12.9. The second-order valence-corrected chi connectivity index (χ2v) is 17.2. The van der Waals surface area contributed by atoms with Crippen LogP contribution in [0.3, 0.4) is 0 Å². The molecule has 0 saturated heterocycles. The van der Waals surface area contributed by atoms with E-state index >= 15 is 0 Å². The Kier molecular flexibility index (Phi) is 49.0. The Morgan fingerprint density at radius 1 is 0.328 bits per heavy atom. The lowest BCUT2D eigenvalue weighted by Crippen LogP contribution is -2.30. The van der Waals surface area contributed by atoms with Crippen LogP contribution in [0.4, 0.5) is 0 Å². The van der Waals surface area contributed by atoms with Crippen LogP contribution in [-0.4, -0.2) is 37.2 Å². The Morgan fingerprint density at radius 3 is 0.969 bits per heavy atom. The molecule has 0 fully saturated rings. The maximum Gasteiger partial charge on any atom is 0.306 e. The molecule has 1 atom stereocenters. The molecule has 6 heteroatoms. The summed E-state index contributed by atoms with van der Waals surface area (Å²) in [6.45, 7) is 6.31. The summed E-state index contributed by atoms with van der Waals surface area (Å²) in [4.78, 5) is 38.0. The molecule has 0 heterocycles. The van der Waals surface area contributed by atoms with Crippen molar-refractivity contribution in [3.8, 4) is 0 Å².